The van der Waals surface area contributed by atoms with E-state index < -0.39 is 6.03 Å². The number of amides is 2. The Morgan fingerprint density at radius 3 is 2.29 bits per heavy atom. The molecule has 0 saturated carbocycles. The fraction of sp³-hybridized carbons (Fsp3) is 0.214. The third kappa shape index (κ3) is 5.65. The van der Waals surface area contributed by atoms with Gasteiger partial charge in [0.25, 0.3) is 0 Å². The Hall–Kier alpha value is -4.70. The SMILES string of the molecule is COc1cc(-c2oncc2-c2cccc(N(OC)C(=O)NCCc3ccc(O)cc3)c2)cc(OC)c1OC. The first-order chi connectivity index (χ1) is 18.5. The van der Waals surface area contributed by atoms with Crippen LogP contribution < -0.4 is 24.6 Å². The molecule has 198 valence electrons. The van der Waals surface area contributed by atoms with Gasteiger partial charge in [-0.3, -0.25) is 4.84 Å². The Kier molecular flexibility index (Phi) is 8.34. The maximum absolute atomic E-state index is 12.9. The van der Waals surface area contributed by atoms with E-state index in [2.05, 4.69) is 10.5 Å². The van der Waals surface area contributed by atoms with Crippen LogP contribution in [0.2, 0.25) is 0 Å². The smallest absolute Gasteiger partial charge is 0.346 e. The maximum Gasteiger partial charge on any atom is 0.346 e. The number of carbonyl (C=O) groups excluding carboxylic acids is 1. The number of carbonyl (C=O) groups is 1. The Morgan fingerprint density at radius 1 is 0.947 bits per heavy atom. The minimum atomic E-state index is -0.418. The summed E-state index contributed by atoms with van der Waals surface area (Å²) in [6.45, 7) is 0.389. The van der Waals surface area contributed by atoms with Crippen molar-refractivity contribution in [2.45, 2.75) is 6.42 Å². The molecule has 1 heterocycles. The van der Waals surface area contributed by atoms with Gasteiger partial charge in [0.2, 0.25) is 5.75 Å². The first kappa shape index (κ1) is 26.4. The number of methoxy groups -OCH3 is 3. The number of benzene rings is 3. The number of rotatable bonds is 10. The van der Waals surface area contributed by atoms with Gasteiger partial charge in [-0.15, -0.1) is 0 Å². The molecule has 0 saturated heterocycles. The molecule has 10 heteroatoms. The number of hydrogen-bond donors (Lipinski definition) is 2. The van der Waals surface area contributed by atoms with Gasteiger partial charge in [-0.2, -0.15) is 5.06 Å². The van der Waals surface area contributed by atoms with Crippen LogP contribution in [-0.4, -0.2) is 51.3 Å². The highest BCUT2D eigenvalue weighted by Gasteiger charge is 2.21. The predicted molar refractivity (Wildman–Crippen MR) is 142 cm³/mol. The van der Waals surface area contributed by atoms with Crippen LogP contribution in [0.5, 0.6) is 23.0 Å². The lowest BCUT2D eigenvalue weighted by atomic mass is 10.0. The van der Waals surface area contributed by atoms with Crippen molar-refractivity contribution in [1.29, 1.82) is 0 Å². The summed E-state index contributed by atoms with van der Waals surface area (Å²) in [6.07, 6.45) is 2.20. The highest BCUT2D eigenvalue weighted by atomic mass is 16.7. The molecule has 4 rings (SSSR count). The van der Waals surface area contributed by atoms with Crippen molar-refractivity contribution < 1.29 is 33.5 Å². The lowest BCUT2D eigenvalue weighted by Crippen LogP contribution is -2.40. The molecular weight excluding hydrogens is 490 g/mol. The first-order valence-corrected chi connectivity index (χ1v) is 11.7. The summed E-state index contributed by atoms with van der Waals surface area (Å²) in [7, 11) is 6.05. The highest BCUT2D eigenvalue weighted by molar-refractivity contribution is 5.91. The number of urea groups is 1. The summed E-state index contributed by atoms with van der Waals surface area (Å²) in [6, 6.07) is 17.2. The normalized spacial score (nSPS) is 10.6. The van der Waals surface area contributed by atoms with Gasteiger partial charge in [0.15, 0.2) is 17.3 Å². The van der Waals surface area contributed by atoms with Crippen LogP contribution in [0.25, 0.3) is 22.5 Å². The standard InChI is InChI=1S/C28H29N3O7/c1-34-24-15-20(16-25(35-2)27(24)36-3)26-23(17-30-38-26)19-6-5-7-21(14-19)31(37-4)28(33)29-13-12-18-8-10-22(32)11-9-18/h5-11,14-17,32H,12-13H2,1-4H3,(H,29,33). The van der Waals surface area contributed by atoms with Crippen LogP contribution in [0.3, 0.4) is 0 Å². The quantitative estimate of drug-likeness (QED) is 0.279. The lowest BCUT2D eigenvalue weighted by Gasteiger charge is -2.21. The molecule has 0 radical (unpaired) electrons. The van der Waals surface area contributed by atoms with Crippen molar-refractivity contribution in [2.24, 2.45) is 0 Å². The van der Waals surface area contributed by atoms with Crippen molar-refractivity contribution in [3.8, 4) is 45.4 Å². The minimum absolute atomic E-state index is 0.199. The van der Waals surface area contributed by atoms with E-state index >= 15 is 0 Å². The van der Waals surface area contributed by atoms with Crippen LogP contribution in [0.15, 0.2) is 71.4 Å². The number of nitrogens with one attached hydrogen (secondary N) is 1. The van der Waals surface area contributed by atoms with E-state index in [9.17, 15) is 9.90 Å². The second kappa shape index (κ2) is 12.0. The molecule has 0 aliphatic heterocycles. The maximum atomic E-state index is 12.9. The van der Waals surface area contributed by atoms with Crippen molar-refractivity contribution in [3.05, 3.63) is 72.4 Å². The fourth-order valence-electron chi connectivity index (χ4n) is 4.02. The molecule has 2 amide bonds. The number of hydroxylamine groups is 1. The number of phenols is 1. The summed E-state index contributed by atoms with van der Waals surface area (Å²) in [4.78, 5) is 18.3. The summed E-state index contributed by atoms with van der Waals surface area (Å²) in [5.74, 6) is 2.11. The van der Waals surface area contributed by atoms with Gasteiger partial charge >= 0.3 is 6.03 Å². The molecular formula is C28H29N3O7. The third-order valence-electron chi connectivity index (χ3n) is 5.88. The lowest BCUT2D eigenvalue weighted by molar-refractivity contribution is 0.163. The number of aromatic nitrogens is 1. The number of nitrogens with zero attached hydrogens (tertiary/aromatic N) is 2. The Bertz CT molecular complexity index is 1360. The second-order valence-corrected chi connectivity index (χ2v) is 8.16. The zero-order valence-corrected chi connectivity index (χ0v) is 21.6. The Morgan fingerprint density at radius 2 is 1.66 bits per heavy atom. The zero-order chi connectivity index (χ0) is 27.1. The van der Waals surface area contributed by atoms with Gasteiger partial charge in [-0.05, 0) is 53.9 Å². The molecule has 1 aromatic heterocycles. The van der Waals surface area contributed by atoms with Gasteiger partial charge in [-0.1, -0.05) is 29.4 Å². The van der Waals surface area contributed by atoms with Crippen molar-refractivity contribution >= 4 is 11.7 Å². The zero-order valence-electron chi connectivity index (χ0n) is 21.6. The van der Waals surface area contributed by atoms with Crippen LogP contribution in [0.1, 0.15) is 5.56 Å². The molecule has 3 aromatic carbocycles. The van der Waals surface area contributed by atoms with Gasteiger partial charge in [0, 0.05) is 17.7 Å². The molecule has 0 spiro atoms. The summed E-state index contributed by atoms with van der Waals surface area (Å²) >= 11 is 0. The predicted octanol–water partition coefficient (Wildman–Crippen LogP) is 5.06. The molecule has 10 nitrogen and oxygen atoms in total. The number of anilines is 1. The van der Waals surface area contributed by atoms with Crippen molar-refractivity contribution in [1.82, 2.24) is 10.5 Å². The molecule has 0 unspecified atom stereocenters. The largest absolute Gasteiger partial charge is 0.508 e. The third-order valence-corrected chi connectivity index (χ3v) is 5.88. The second-order valence-electron chi connectivity index (χ2n) is 8.16. The minimum Gasteiger partial charge on any atom is -0.508 e. The first-order valence-electron chi connectivity index (χ1n) is 11.7. The number of hydrogen-bond acceptors (Lipinski definition) is 8. The van der Waals surface area contributed by atoms with Gasteiger partial charge in [0.05, 0.1) is 40.3 Å². The monoisotopic (exact) mass is 519 g/mol. The number of ether oxygens (including phenoxy) is 3. The summed E-state index contributed by atoms with van der Waals surface area (Å²) in [5.41, 5.74) is 3.63. The molecule has 2 N–H and O–H groups in total. The average Bonchev–Trinajstić information content (AvgIpc) is 3.44. The van der Waals surface area contributed by atoms with E-state index in [0.29, 0.717) is 52.8 Å². The van der Waals surface area contributed by atoms with Crippen LogP contribution >= 0.6 is 0 Å². The molecule has 0 atom stereocenters. The topological polar surface area (TPSA) is 116 Å². The summed E-state index contributed by atoms with van der Waals surface area (Å²) in [5, 5.41) is 17.5. The van der Waals surface area contributed by atoms with E-state index in [1.165, 1.54) is 19.3 Å². The van der Waals surface area contributed by atoms with Gasteiger partial charge in [0.1, 0.15) is 5.75 Å². The average molecular weight is 520 g/mol. The van der Waals surface area contributed by atoms with Crippen molar-refractivity contribution in [3.63, 3.8) is 0 Å². The molecule has 0 aliphatic carbocycles. The van der Waals surface area contributed by atoms with Gasteiger partial charge in [-0.25, -0.2) is 4.79 Å². The summed E-state index contributed by atoms with van der Waals surface area (Å²) < 4.78 is 22.0. The molecule has 4 aromatic rings. The van der Waals surface area contributed by atoms with Crippen LogP contribution in [0, 0.1) is 0 Å². The van der Waals surface area contributed by atoms with Crippen molar-refractivity contribution in [2.75, 3.05) is 40.0 Å². The van der Waals surface area contributed by atoms with E-state index in [1.54, 1.807) is 56.8 Å². The molecule has 0 fully saturated rings. The van der Waals surface area contributed by atoms with E-state index in [-0.39, 0.29) is 5.75 Å². The fourth-order valence-corrected chi connectivity index (χ4v) is 4.02. The van der Waals surface area contributed by atoms with E-state index in [1.807, 2.05) is 24.3 Å². The molecule has 38 heavy (non-hydrogen) atoms. The number of phenolic OH excluding ortho intramolecular Hbond substituents is 1. The molecule has 0 aliphatic rings. The van der Waals surface area contributed by atoms with Crippen LogP contribution in [-0.2, 0) is 11.3 Å². The van der Waals surface area contributed by atoms with Crippen LogP contribution in [0.4, 0.5) is 10.5 Å². The Balaban J connectivity index is 1.56. The highest BCUT2D eigenvalue weighted by Crippen LogP contribution is 2.43. The van der Waals surface area contributed by atoms with E-state index in [4.69, 9.17) is 23.6 Å². The number of aromatic hydroxyl groups is 1. The van der Waals surface area contributed by atoms with Gasteiger partial charge < -0.3 is 29.2 Å². The van der Waals surface area contributed by atoms with E-state index in [0.717, 1.165) is 11.1 Å². The Labute approximate surface area is 220 Å². The molecule has 0 bridgehead atoms.